The lowest BCUT2D eigenvalue weighted by Gasteiger charge is -2.11. The molecule has 0 saturated carbocycles. The number of tetrazole rings is 1. The molecule has 3 aromatic rings. The molecular formula is C17H17FN4O2S. The first-order valence-electron chi connectivity index (χ1n) is 7.70. The zero-order chi connectivity index (χ0) is 17.5. The van der Waals surface area contributed by atoms with E-state index in [-0.39, 0.29) is 19.0 Å². The van der Waals surface area contributed by atoms with Gasteiger partial charge in [-0.15, -0.1) is 5.10 Å². The van der Waals surface area contributed by atoms with Gasteiger partial charge in [-0.2, -0.15) is 4.68 Å². The summed E-state index contributed by atoms with van der Waals surface area (Å²) in [6.07, 6.45) is -0.710. The van der Waals surface area contributed by atoms with E-state index in [1.165, 1.54) is 17.8 Å². The number of para-hydroxylation sites is 1. The molecule has 1 atom stereocenters. The molecule has 1 heterocycles. The van der Waals surface area contributed by atoms with Crippen LogP contribution in [0.5, 0.6) is 0 Å². The van der Waals surface area contributed by atoms with Crippen LogP contribution in [0.25, 0.3) is 5.69 Å². The molecule has 130 valence electrons. The number of aliphatic hydroxyl groups is 1. The quantitative estimate of drug-likeness (QED) is 0.622. The molecule has 1 N–H and O–H groups in total. The topological polar surface area (TPSA) is 73.1 Å². The molecule has 0 bridgehead atoms. The van der Waals surface area contributed by atoms with Gasteiger partial charge in [0, 0.05) is 11.3 Å². The van der Waals surface area contributed by atoms with Gasteiger partial charge in [-0.25, -0.2) is 4.39 Å². The molecule has 0 aliphatic heterocycles. The van der Waals surface area contributed by atoms with Crippen LogP contribution in [0.3, 0.4) is 0 Å². The lowest BCUT2D eigenvalue weighted by Crippen LogP contribution is -2.18. The van der Waals surface area contributed by atoms with Gasteiger partial charge in [0.05, 0.1) is 25.0 Å². The number of nitrogens with zero attached hydrogens (tertiary/aromatic N) is 4. The Hall–Kier alpha value is -2.29. The number of thioether (sulfide) groups is 1. The average molecular weight is 360 g/mol. The van der Waals surface area contributed by atoms with Crippen LogP contribution in [0, 0.1) is 5.82 Å². The highest BCUT2D eigenvalue weighted by Crippen LogP contribution is 2.19. The van der Waals surface area contributed by atoms with Crippen LogP contribution in [-0.4, -0.2) is 43.8 Å². The Morgan fingerprint density at radius 3 is 2.68 bits per heavy atom. The summed E-state index contributed by atoms with van der Waals surface area (Å²) in [6, 6.07) is 15.9. The van der Waals surface area contributed by atoms with Crippen LogP contribution in [0.4, 0.5) is 4.39 Å². The van der Waals surface area contributed by atoms with Crippen LogP contribution in [0.1, 0.15) is 5.56 Å². The van der Waals surface area contributed by atoms with Crippen molar-refractivity contribution in [2.24, 2.45) is 0 Å². The van der Waals surface area contributed by atoms with Gasteiger partial charge in [-0.05, 0) is 28.6 Å². The SMILES string of the molecule is OC(COCc1ccccc1F)CSc1nnnn1-c1ccccc1. The lowest BCUT2D eigenvalue weighted by molar-refractivity contribution is 0.0386. The van der Waals surface area contributed by atoms with Crippen molar-refractivity contribution in [1.29, 1.82) is 0 Å². The summed E-state index contributed by atoms with van der Waals surface area (Å²) in [5.74, 6) is 0.0539. The van der Waals surface area contributed by atoms with E-state index in [1.807, 2.05) is 30.3 Å². The van der Waals surface area contributed by atoms with E-state index in [1.54, 1.807) is 22.9 Å². The van der Waals surface area contributed by atoms with Gasteiger partial charge < -0.3 is 9.84 Å². The number of rotatable bonds is 8. The molecule has 0 amide bonds. The Morgan fingerprint density at radius 1 is 1.12 bits per heavy atom. The second kappa shape index (κ2) is 8.70. The third-order valence-corrected chi connectivity index (χ3v) is 4.44. The first kappa shape index (κ1) is 17.5. The molecular weight excluding hydrogens is 343 g/mol. The Kier molecular flexibility index (Phi) is 6.10. The van der Waals surface area contributed by atoms with Gasteiger partial charge in [-0.3, -0.25) is 0 Å². The standard InChI is InChI=1S/C17H17FN4O2S/c18-16-9-5-4-6-13(16)10-24-11-15(23)12-25-17-19-20-21-22(17)14-7-2-1-3-8-14/h1-9,15,23H,10-12H2. The zero-order valence-electron chi connectivity index (χ0n) is 13.3. The monoisotopic (exact) mass is 360 g/mol. The minimum Gasteiger partial charge on any atom is -0.390 e. The number of hydrogen-bond donors (Lipinski definition) is 1. The summed E-state index contributed by atoms with van der Waals surface area (Å²) < 4.78 is 20.5. The van der Waals surface area contributed by atoms with E-state index < -0.39 is 6.10 Å². The van der Waals surface area contributed by atoms with E-state index in [0.717, 1.165) is 5.69 Å². The maximum Gasteiger partial charge on any atom is 0.214 e. The summed E-state index contributed by atoms with van der Waals surface area (Å²) >= 11 is 1.33. The summed E-state index contributed by atoms with van der Waals surface area (Å²) in [5.41, 5.74) is 1.32. The smallest absolute Gasteiger partial charge is 0.214 e. The van der Waals surface area contributed by atoms with Crippen molar-refractivity contribution in [3.63, 3.8) is 0 Å². The van der Waals surface area contributed by atoms with E-state index >= 15 is 0 Å². The maximum absolute atomic E-state index is 13.5. The molecule has 25 heavy (non-hydrogen) atoms. The van der Waals surface area contributed by atoms with Crippen LogP contribution in [0.15, 0.2) is 59.8 Å². The predicted octanol–water partition coefficient (Wildman–Crippen LogP) is 2.47. The molecule has 0 radical (unpaired) electrons. The van der Waals surface area contributed by atoms with Gasteiger partial charge in [0.1, 0.15) is 5.82 Å². The first-order chi connectivity index (χ1) is 12.2. The fraction of sp³-hybridized carbons (Fsp3) is 0.235. The number of aliphatic hydroxyl groups excluding tert-OH is 1. The van der Waals surface area contributed by atoms with E-state index in [0.29, 0.717) is 16.5 Å². The van der Waals surface area contributed by atoms with Crippen molar-refractivity contribution < 1.29 is 14.2 Å². The van der Waals surface area contributed by atoms with Gasteiger partial charge in [-0.1, -0.05) is 48.2 Å². The number of aromatic nitrogens is 4. The van der Waals surface area contributed by atoms with Crippen molar-refractivity contribution in [2.45, 2.75) is 17.9 Å². The first-order valence-corrected chi connectivity index (χ1v) is 8.68. The van der Waals surface area contributed by atoms with Crippen molar-refractivity contribution in [2.75, 3.05) is 12.4 Å². The summed E-state index contributed by atoms with van der Waals surface area (Å²) in [5, 5.41) is 22.2. The zero-order valence-corrected chi connectivity index (χ0v) is 14.1. The third-order valence-electron chi connectivity index (χ3n) is 3.37. The minimum absolute atomic E-state index is 0.105. The van der Waals surface area contributed by atoms with Crippen LogP contribution in [0.2, 0.25) is 0 Å². The molecule has 1 aromatic heterocycles. The van der Waals surface area contributed by atoms with E-state index in [4.69, 9.17) is 4.74 Å². The van der Waals surface area contributed by atoms with Crippen LogP contribution in [-0.2, 0) is 11.3 Å². The molecule has 0 aliphatic carbocycles. The third kappa shape index (κ3) is 4.85. The summed E-state index contributed by atoms with van der Waals surface area (Å²) in [4.78, 5) is 0. The van der Waals surface area contributed by atoms with Crippen molar-refractivity contribution in [3.05, 3.63) is 66.0 Å². The normalized spacial score (nSPS) is 12.2. The highest BCUT2D eigenvalue weighted by molar-refractivity contribution is 7.99. The largest absolute Gasteiger partial charge is 0.390 e. The maximum atomic E-state index is 13.5. The minimum atomic E-state index is -0.710. The fourth-order valence-corrected chi connectivity index (χ4v) is 2.94. The molecule has 3 rings (SSSR count). The molecule has 0 saturated heterocycles. The van der Waals surface area contributed by atoms with Crippen LogP contribution >= 0.6 is 11.8 Å². The number of halogens is 1. The molecule has 0 aliphatic rings. The Morgan fingerprint density at radius 2 is 1.88 bits per heavy atom. The predicted molar refractivity (Wildman–Crippen MR) is 91.9 cm³/mol. The van der Waals surface area contributed by atoms with E-state index in [9.17, 15) is 9.50 Å². The van der Waals surface area contributed by atoms with Gasteiger partial charge in [0.15, 0.2) is 0 Å². The van der Waals surface area contributed by atoms with Crippen LogP contribution < -0.4 is 0 Å². The summed E-state index contributed by atoms with van der Waals surface area (Å²) in [6.45, 7) is 0.227. The molecule has 0 fully saturated rings. The van der Waals surface area contributed by atoms with Gasteiger partial charge >= 0.3 is 0 Å². The summed E-state index contributed by atoms with van der Waals surface area (Å²) in [7, 11) is 0. The lowest BCUT2D eigenvalue weighted by atomic mass is 10.2. The number of ether oxygens (including phenoxy) is 1. The Balaban J connectivity index is 1.48. The fourth-order valence-electron chi connectivity index (χ4n) is 2.14. The van der Waals surface area contributed by atoms with Crippen molar-refractivity contribution in [3.8, 4) is 5.69 Å². The van der Waals surface area contributed by atoms with Crippen molar-refractivity contribution in [1.82, 2.24) is 20.2 Å². The number of benzene rings is 2. The van der Waals surface area contributed by atoms with Gasteiger partial charge in [0.25, 0.3) is 0 Å². The second-order valence-corrected chi connectivity index (χ2v) is 6.27. The van der Waals surface area contributed by atoms with Crippen molar-refractivity contribution >= 4 is 11.8 Å². The molecule has 2 aromatic carbocycles. The molecule has 8 heteroatoms. The highest BCUT2D eigenvalue weighted by Gasteiger charge is 2.12. The molecule has 6 nitrogen and oxygen atoms in total. The Bertz CT molecular complexity index is 800. The highest BCUT2D eigenvalue weighted by atomic mass is 32.2. The average Bonchev–Trinajstić information content (AvgIpc) is 3.11. The Labute approximate surface area is 148 Å². The number of hydrogen-bond acceptors (Lipinski definition) is 6. The second-order valence-electron chi connectivity index (χ2n) is 5.28. The molecule has 0 spiro atoms. The van der Waals surface area contributed by atoms with Gasteiger partial charge in [0.2, 0.25) is 5.16 Å². The van der Waals surface area contributed by atoms with E-state index in [2.05, 4.69) is 15.5 Å². The molecule has 1 unspecified atom stereocenters.